The number of fused-ring (bicyclic) bond motifs is 1. The van der Waals surface area contributed by atoms with Crippen LogP contribution in [-0.2, 0) is 0 Å². The third kappa shape index (κ3) is 4.15. The summed E-state index contributed by atoms with van der Waals surface area (Å²) in [6.07, 6.45) is 1.09. The van der Waals surface area contributed by atoms with E-state index < -0.39 is 0 Å². The average molecular weight is 295 g/mol. The fraction of sp³-hybridized carbons (Fsp3) is 0.533. The Balaban J connectivity index is 2.14. The highest BCUT2D eigenvalue weighted by Gasteiger charge is 2.14. The van der Waals surface area contributed by atoms with E-state index in [4.69, 9.17) is 0 Å². The van der Waals surface area contributed by atoms with Gasteiger partial charge in [-0.1, -0.05) is 25.2 Å². The highest BCUT2D eigenvalue weighted by atomic mass is 32.1. The van der Waals surface area contributed by atoms with Gasteiger partial charge >= 0.3 is 0 Å². The number of nitrogens with zero attached hydrogens (tertiary/aromatic N) is 2. The van der Waals surface area contributed by atoms with Crippen LogP contribution >= 0.6 is 11.3 Å². The Bertz CT molecular complexity index is 555. The maximum Gasteiger partial charge on any atom is 0.184 e. The predicted molar refractivity (Wildman–Crippen MR) is 85.0 cm³/mol. The Morgan fingerprint density at radius 2 is 2.10 bits per heavy atom. The molecular formula is C15H22FN3S. The summed E-state index contributed by atoms with van der Waals surface area (Å²) in [6, 6.07) is 5.09. The van der Waals surface area contributed by atoms with E-state index in [0.29, 0.717) is 12.0 Å². The monoisotopic (exact) mass is 295 g/mol. The summed E-state index contributed by atoms with van der Waals surface area (Å²) < 4.78 is 14.1. The summed E-state index contributed by atoms with van der Waals surface area (Å²) in [5.41, 5.74) is 0.854. The molecule has 0 fully saturated rings. The van der Waals surface area contributed by atoms with E-state index in [-0.39, 0.29) is 5.82 Å². The lowest BCUT2D eigenvalue weighted by Gasteiger charge is -2.23. The minimum absolute atomic E-state index is 0.209. The van der Waals surface area contributed by atoms with Gasteiger partial charge in [0, 0.05) is 12.6 Å². The molecule has 110 valence electrons. The van der Waals surface area contributed by atoms with Gasteiger partial charge in [0.15, 0.2) is 5.13 Å². The Labute approximate surface area is 123 Å². The number of halogens is 1. The van der Waals surface area contributed by atoms with Crippen LogP contribution in [0.5, 0.6) is 0 Å². The van der Waals surface area contributed by atoms with Crippen LogP contribution in [0, 0.1) is 11.7 Å². The first-order valence-electron chi connectivity index (χ1n) is 6.91. The highest BCUT2D eigenvalue weighted by molar-refractivity contribution is 7.22. The molecule has 0 aliphatic rings. The number of likely N-dealkylation sites (N-methyl/N-ethyl adjacent to an activating group) is 1. The number of hydrogen-bond acceptors (Lipinski definition) is 4. The first-order valence-corrected chi connectivity index (χ1v) is 7.73. The molecule has 1 N–H and O–H groups in total. The summed E-state index contributed by atoms with van der Waals surface area (Å²) in [5, 5.41) is 4.37. The summed E-state index contributed by atoms with van der Waals surface area (Å²) in [5.74, 6) is 0.416. The van der Waals surface area contributed by atoms with E-state index in [1.807, 2.05) is 0 Å². The van der Waals surface area contributed by atoms with Gasteiger partial charge in [-0.05, 0) is 44.6 Å². The SMILES string of the molecule is CC(C)CC(CN(C)C)Nc1nc2ccc(F)cc2s1. The quantitative estimate of drug-likeness (QED) is 0.878. The average Bonchev–Trinajstić information content (AvgIpc) is 2.68. The maximum absolute atomic E-state index is 13.2. The van der Waals surface area contributed by atoms with E-state index in [9.17, 15) is 4.39 Å². The second kappa shape index (κ2) is 6.50. The van der Waals surface area contributed by atoms with Gasteiger partial charge in [0.05, 0.1) is 10.2 Å². The van der Waals surface area contributed by atoms with Crippen molar-refractivity contribution < 1.29 is 4.39 Å². The number of benzene rings is 1. The molecule has 1 heterocycles. The molecule has 1 atom stereocenters. The van der Waals surface area contributed by atoms with Crippen LogP contribution < -0.4 is 5.32 Å². The first kappa shape index (κ1) is 15.2. The van der Waals surface area contributed by atoms with Crippen molar-refractivity contribution >= 4 is 26.7 Å². The van der Waals surface area contributed by atoms with Gasteiger partial charge in [-0.3, -0.25) is 0 Å². The molecule has 0 aliphatic heterocycles. The zero-order chi connectivity index (χ0) is 14.7. The van der Waals surface area contributed by atoms with Crippen molar-refractivity contribution in [2.45, 2.75) is 26.3 Å². The van der Waals surface area contributed by atoms with Crippen molar-refractivity contribution in [3.8, 4) is 0 Å². The molecule has 3 nitrogen and oxygen atoms in total. The van der Waals surface area contributed by atoms with Gasteiger partial charge in [0.1, 0.15) is 5.82 Å². The largest absolute Gasteiger partial charge is 0.357 e. The van der Waals surface area contributed by atoms with Gasteiger partial charge in [0.2, 0.25) is 0 Å². The molecule has 0 saturated heterocycles. The standard InChI is InChI=1S/C15H22FN3S/c1-10(2)7-12(9-19(3)4)17-15-18-13-6-5-11(16)8-14(13)20-15/h5-6,8,10,12H,7,9H2,1-4H3,(H,17,18). The Morgan fingerprint density at radius 1 is 1.35 bits per heavy atom. The molecule has 0 spiro atoms. The molecule has 2 rings (SSSR count). The number of aromatic nitrogens is 1. The Morgan fingerprint density at radius 3 is 2.75 bits per heavy atom. The Kier molecular flexibility index (Phi) is 4.94. The van der Waals surface area contributed by atoms with E-state index in [1.165, 1.54) is 17.4 Å². The lowest BCUT2D eigenvalue weighted by molar-refractivity contribution is 0.356. The molecule has 0 saturated carbocycles. The Hall–Kier alpha value is -1.20. The van der Waals surface area contributed by atoms with E-state index in [2.05, 4.69) is 43.1 Å². The van der Waals surface area contributed by atoms with Crippen LogP contribution in [0.15, 0.2) is 18.2 Å². The van der Waals surface area contributed by atoms with Crippen molar-refractivity contribution in [3.63, 3.8) is 0 Å². The summed E-state index contributed by atoms with van der Waals surface area (Å²) >= 11 is 1.51. The predicted octanol–water partition coefficient (Wildman–Crippen LogP) is 3.82. The molecule has 5 heteroatoms. The molecule has 0 aliphatic carbocycles. The number of thiazole rings is 1. The van der Waals surface area contributed by atoms with Crippen molar-refractivity contribution in [1.82, 2.24) is 9.88 Å². The zero-order valence-electron chi connectivity index (χ0n) is 12.5. The normalized spacial score (nSPS) is 13.3. The number of hydrogen-bond donors (Lipinski definition) is 1. The topological polar surface area (TPSA) is 28.2 Å². The number of anilines is 1. The molecule has 1 aromatic carbocycles. The van der Waals surface area contributed by atoms with Crippen molar-refractivity contribution in [1.29, 1.82) is 0 Å². The van der Waals surface area contributed by atoms with Crippen LogP contribution in [-0.4, -0.2) is 36.6 Å². The third-order valence-electron chi connectivity index (χ3n) is 3.02. The molecule has 2 aromatic rings. The van der Waals surface area contributed by atoms with Gasteiger partial charge in [0.25, 0.3) is 0 Å². The fourth-order valence-electron chi connectivity index (χ4n) is 2.32. The second-order valence-electron chi connectivity index (χ2n) is 5.86. The van der Waals surface area contributed by atoms with Crippen LogP contribution in [0.25, 0.3) is 10.2 Å². The van der Waals surface area contributed by atoms with E-state index in [1.54, 1.807) is 12.1 Å². The van der Waals surface area contributed by atoms with Gasteiger partial charge < -0.3 is 10.2 Å². The van der Waals surface area contributed by atoms with Gasteiger partial charge in [-0.25, -0.2) is 9.37 Å². The zero-order valence-corrected chi connectivity index (χ0v) is 13.3. The molecule has 0 amide bonds. The van der Waals surface area contributed by atoms with E-state index >= 15 is 0 Å². The summed E-state index contributed by atoms with van der Waals surface area (Å²) in [6.45, 7) is 5.40. The van der Waals surface area contributed by atoms with Crippen molar-refractivity contribution in [2.24, 2.45) is 5.92 Å². The first-order chi connectivity index (χ1) is 9.44. The number of nitrogens with one attached hydrogen (secondary N) is 1. The minimum Gasteiger partial charge on any atom is -0.357 e. The lowest BCUT2D eigenvalue weighted by atomic mass is 10.0. The molecule has 0 bridgehead atoms. The molecule has 0 radical (unpaired) electrons. The second-order valence-corrected chi connectivity index (χ2v) is 6.89. The summed E-state index contributed by atoms with van der Waals surface area (Å²) in [7, 11) is 4.14. The van der Waals surface area contributed by atoms with E-state index in [0.717, 1.165) is 28.3 Å². The van der Waals surface area contributed by atoms with Gasteiger partial charge in [-0.15, -0.1) is 0 Å². The summed E-state index contributed by atoms with van der Waals surface area (Å²) in [4.78, 5) is 6.70. The smallest absolute Gasteiger partial charge is 0.184 e. The van der Waals surface area contributed by atoms with Gasteiger partial charge in [-0.2, -0.15) is 0 Å². The molecule has 20 heavy (non-hydrogen) atoms. The van der Waals surface area contributed by atoms with Crippen LogP contribution in [0.2, 0.25) is 0 Å². The maximum atomic E-state index is 13.2. The highest BCUT2D eigenvalue weighted by Crippen LogP contribution is 2.27. The molecule has 1 unspecified atom stereocenters. The van der Waals surface area contributed by atoms with Crippen LogP contribution in [0.1, 0.15) is 20.3 Å². The van der Waals surface area contributed by atoms with Crippen molar-refractivity contribution in [3.05, 3.63) is 24.0 Å². The van der Waals surface area contributed by atoms with Crippen LogP contribution in [0.4, 0.5) is 9.52 Å². The fourth-order valence-corrected chi connectivity index (χ4v) is 3.29. The number of rotatable bonds is 6. The third-order valence-corrected chi connectivity index (χ3v) is 3.97. The van der Waals surface area contributed by atoms with Crippen molar-refractivity contribution in [2.75, 3.05) is 26.0 Å². The van der Waals surface area contributed by atoms with Crippen LogP contribution in [0.3, 0.4) is 0 Å². The molecular weight excluding hydrogens is 273 g/mol. The lowest BCUT2D eigenvalue weighted by Crippen LogP contribution is -2.33. The molecule has 1 aromatic heterocycles. The minimum atomic E-state index is -0.209.